The van der Waals surface area contributed by atoms with Gasteiger partial charge in [0, 0.05) is 12.2 Å². The molecular weight excluding hydrogens is 278 g/mol. The van der Waals surface area contributed by atoms with Gasteiger partial charge in [-0.1, -0.05) is 19.1 Å². The Kier molecular flexibility index (Phi) is 3.97. The summed E-state index contributed by atoms with van der Waals surface area (Å²) in [5, 5.41) is 7.69. The van der Waals surface area contributed by atoms with Crippen LogP contribution in [0.2, 0.25) is 0 Å². The molecule has 0 saturated carbocycles. The van der Waals surface area contributed by atoms with E-state index in [0.29, 0.717) is 6.04 Å². The summed E-state index contributed by atoms with van der Waals surface area (Å²) in [6, 6.07) is 8.77. The van der Waals surface area contributed by atoms with Gasteiger partial charge in [-0.05, 0) is 47.1 Å². The van der Waals surface area contributed by atoms with Crippen LogP contribution in [0, 0.1) is 0 Å². The Labute approximate surface area is 110 Å². The van der Waals surface area contributed by atoms with E-state index >= 15 is 0 Å². The van der Waals surface area contributed by atoms with Crippen molar-refractivity contribution in [2.75, 3.05) is 6.54 Å². The monoisotopic (exact) mass is 293 g/mol. The van der Waals surface area contributed by atoms with Gasteiger partial charge in [-0.2, -0.15) is 5.10 Å². The number of rotatable bonds is 4. The summed E-state index contributed by atoms with van der Waals surface area (Å²) < 4.78 is 2.86. The lowest BCUT2D eigenvalue weighted by atomic mass is 10.1. The Balaban J connectivity index is 2.28. The zero-order chi connectivity index (χ0) is 12.3. The maximum absolute atomic E-state index is 4.28. The second-order valence-electron chi connectivity index (χ2n) is 3.98. The highest BCUT2D eigenvalue weighted by atomic mass is 79.9. The van der Waals surface area contributed by atoms with Gasteiger partial charge >= 0.3 is 0 Å². The van der Waals surface area contributed by atoms with Gasteiger partial charge in [0.05, 0.1) is 16.4 Å². The van der Waals surface area contributed by atoms with Crippen LogP contribution in [0.4, 0.5) is 0 Å². The van der Waals surface area contributed by atoms with E-state index < -0.39 is 0 Å². The van der Waals surface area contributed by atoms with Crippen LogP contribution in [0.25, 0.3) is 5.69 Å². The zero-order valence-electron chi connectivity index (χ0n) is 10.0. The minimum Gasteiger partial charge on any atom is -0.310 e. The summed E-state index contributed by atoms with van der Waals surface area (Å²) in [4.78, 5) is 0. The largest absolute Gasteiger partial charge is 0.310 e. The molecule has 1 N–H and O–H groups in total. The fourth-order valence-electron chi connectivity index (χ4n) is 1.80. The first kappa shape index (κ1) is 12.3. The number of hydrogen-bond acceptors (Lipinski definition) is 2. The summed E-state index contributed by atoms with van der Waals surface area (Å²) in [6.45, 7) is 5.26. The molecule has 4 heteroatoms. The Morgan fingerprint density at radius 3 is 2.94 bits per heavy atom. The lowest BCUT2D eigenvalue weighted by Gasteiger charge is -2.13. The fourth-order valence-corrected chi connectivity index (χ4v) is 2.09. The first-order valence-electron chi connectivity index (χ1n) is 5.74. The normalized spacial score (nSPS) is 12.6. The average molecular weight is 294 g/mol. The van der Waals surface area contributed by atoms with E-state index in [1.807, 2.05) is 10.9 Å². The Morgan fingerprint density at radius 2 is 2.29 bits per heavy atom. The van der Waals surface area contributed by atoms with E-state index in [1.165, 1.54) is 5.56 Å². The van der Waals surface area contributed by atoms with Crippen molar-refractivity contribution in [3.05, 3.63) is 46.7 Å². The molecule has 1 atom stereocenters. The van der Waals surface area contributed by atoms with Crippen LogP contribution in [-0.4, -0.2) is 16.3 Å². The first-order chi connectivity index (χ1) is 8.20. The lowest BCUT2D eigenvalue weighted by molar-refractivity contribution is 0.597. The van der Waals surface area contributed by atoms with Crippen molar-refractivity contribution in [3.63, 3.8) is 0 Å². The molecule has 90 valence electrons. The lowest BCUT2D eigenvalue weighted by Crippen LogP contribution is -2.17. The topological polar surface area (TPSA) is 29.9 Å². The summed E-state index contributed by atoms with van der Waals surface area (Å²) >= 11 is 3.41. The number of nitrogens with zero attached hydrogens (tertiary/aromatic N) is 2. The van der Waals surface area contributed by atoms with Gasteiger partial charge in [0.2, 0.25) is 0 Å². The van der Waals surface area contributed by atoms with Gasteiger partial charge < -0.3 is 5.32 Å². The predicted octanol–water partition coefficient (Wildman–Crippen LogP) is 3.31. The molecule has 3 nitrogen and oxygen atoms in total. The second-order valence-corrected chi connectivity index (χ2v) is 4.89. The fraction of sp³-hybridized carbons (Fsp3) is 0.308. The van der Waals surface area contributed by atoms with E-state index in [9.17, 15) is 0 Å². The molecule has 0 bridgehead atoms. The van der Waals surface area contributed by atoms with E-state index in [-0.39, 0.29) is 0 Å². The second kappa shape index (κ2) is 5.47. The van der Waals surface area contributed by atoms with Crippen molar-refractivity contribution in [3.8, 4) is 5.69 Å². The summed E-state index contributed by atoms with van der Waals surface area (Å²) in [5.41, 5.74) is 2.36. The minimum absolute atomic E-state index is 0.360. The standard InChI is InChI=1S/C13H16BrN3/c1-3-15-10(2)11-5-4-6-13(7-11)17-9-12(14)8-16-17/h4-10,15H,3H2,1-2H3. The van der Waals surface area contributed by atoms with Crippen LogP contribution in [0.5, 0.6) is 0 Å². The van der Waals surface area contributed by atoms with Crippen LogP contribution in [0.15, 0.2) is 41.1 Å². The molecule has 2 rings (SSSR count). The molecule has 2 aromatic rings. The van der Waals surface area contributed by atoms with Gasteiger partial charge in [0.25, 0.3) is 0 Å². The minimum atomic E-state index is 0.360. The van der Waals surface area contributed by atoms with Crippen molar-refractivity contribution in [2.45, 2.75) is 19.9 Å². The van der Waals surface area contributed by atoms with Gasteiger partial charge in [-0.3, -0.25) is 0 Å². The molecule has 0 spiro atoms. The molecule has 0 aliphatic carbocycles. The average Bonchev–Trinajstić information content (AvgIpc) is 2.76. The molecule has 1 unspecified atom stereocenters. The third kappa shape index (κ3) is 2.96. The third-order valence-corrected chi connectivity index (χ3v) is 3.11. The molecular formula is C13H16BrN3. The Bertz CT molecular complexity index is 493. The highest BCUT2D eigenvalue weighted by molar-refractivity contribution is 9.10. The van der Waals surface area contributed by atoms with Crippen LogP contribution < -0.4 is 5.32 Å². The summed E-state index contributed by atoms with van der Waals surface area (Å²) in [5.74, 6) is 0. The molecule has 1 heterocycles. The van der Waals surface area contributed by atoms with Crippen molar-refractivity contribution in [1.82, 2.24) is 15.1 Å². The maximum Gasteiger partial charge on any atom is 0.0649 e. The van der Waals surface area contributed by atoms with Crippen LogP contribution >= 0.6 is 15.9 Å². The Morgan fingerprint density at radius 1 is 1.47 bits per heavy atom. The van der Waals surface area contributed by atoms with Crippen molar-refractivity contribution >= 4 is 15.9 Å². The van der Waals surface area contributed by atoms with E-state index in [0.717, 1.165) is 16.7 Å². The first-order valence-corrected chi connectivity index (χ1v) is 6.54. The molecule has 17 heavy (non-hydrogen) atoms. The highest BCUT2D eigenvalue weighted by Gasteiger charge is 2.05. The molecule has 0 aliphatic rings. The summed E-state index contributed by atoms with van der Waals surface area (Å²) in [6.07, 6.45) is 3.75. The van der Waals surface area contributed by atoms with Crippen molar-refractivity contribution in [2.24, 2.45) is 0 Å². The maximum atomic E-state index is 4.28. The molecule has 1 aromatic carbocycles. The van der Waals surface area contributed by atoms with Gasteiger partial charge in [-0.15, -0.1) is 0 Å². The van der Waals surface area contributed by atoms with Gasteiger partial charge in [0.1, 0.15) is 0 Å². The third-order valence-electron chi connectivity index (χ3n) is 2.70. The molecule has 0 radical (unpaired) electrons. The number of aromatic nitrogens is 2. The van der Waals surface area contributed by atoms with Gasteiger partial charge in [-0.25, -0.2) is 4.68 Å². The van der Waals surface area contributed by atoms with Gasteiger partial charge in [0.15, 0.2) is 0 Å². The van der Waals surface area contributed by atoms with E-state index in [4.69, 9.17) is 0 Å². The van der Waals surface area contributed by atoms with Crippen molar-refractivity contribution < 1.29 is 0 Å². The molecule has 1 aromatic heterocycles. The van der Waals surface area contributed by atoms with Crippen LogP contribution in [0.3, 0.4) is 0 Å². The van der Waals surface area contributed by atoms with Crippen LogP contribution in [0.1, 0.15) is 25.5 Å². The molecule has 0 amide bonds. The zero-order valence-corrected chi connectivity index (χ0v) is 11.6. The smallest absolute Gasteiger partial charge is 0.0649 e. The van der Waals surface area contributed by atoms with E-state index in [1.54, 1.807) is 6.20 Å². The highest BCUT2D eigenvalue weighted by Crippen LogP contribution is 2.18. The van der Waals surface area contributed by atoms with E-state index in [2.05, 4.69) is 64.5 Å². The van der Waals surface area contributed by atoms with Crippen molar-refractivity contribution in [1.29, 1.82) is 0 Å². The Hall–Kier alpha value is -1.13. The number of hydrogen-bond donors (Lipinski definition) is 1. The number of halogens is 1. The molecule has 0 fully saturated rings. The van der Waals surface area contributed by atoms with Crippen LogP contribution in [-0.2, 0) is 0 Å². The predicted molar refractivity (Wildman–Crippen MR) is 73.4 cm³/mol. The number of nitrogens with one attached hydrogen (secondary N) is 1. The summed E-state index contributed by atoms with van der Waals surface area (Å²) in [7, 11) is 0. The molecule has 0 saturated heterocycles. The number of benzene rings is 1. The quantitative estimate of drug-likeness (QED) is 0.937. The molecule has 0 aliphatic heterocycles. The SMILES string of the molecule is CCNC(C)c1cccc(-n2cc(Br)cn2)c1.